The number of hydrogen-bond acceptors (Lipinski definition) is 2. The lowest BCUT2D eigenvalue weighted by molar-refractivity contribution is -0.148. The molecule has 2 amide bonds. The monoisotopic (exact) mass is 282 g/mol. The van der Waals surface area contributed by atoms with Crippen LogP contribution < -0.4 is 10.6 Å². The second-order valence-corrected chi connectivity index (χ2v) is 6.25. The van der Waals surface area contributed by atoms with Crippen LogP contribution in [-0.2, 0) is 4.79 Å². The van der Waals surface area contributed by atoms with Crippen LogP contribution in [-0.4, -0.2) is 28.7 Å². The van der Waals surface area contributed by atoms with Gasteiger partial charge in [-0.1, -0.05) is 26.2 Å². The summed E-state index contributed by atoms with van der Waals surface area (Å²) in [6, 6.07) is -0.147. The van der Waals surface area contributed by atoms with E-state index in [4.69, 9.17) is 0 Å². The van der Waals surface area contributed by atoms with E-state index in [1.54, 1.807) is 0 Å². The number of amides is 2. The summed E-state index contributed by atoms with van der Waals surface area (Å²) in [4.78, 5) is 23.3. The van der Waals surface area contributed by atoms with Crippen LogP contribution in [0.3, 0.4) is 0 Å². The number of hydrogen-bond donors (Lipinski definition) is 3. The number of aliphatic carboxylic acids is 1. The van der Waals surface area contributed by atoms with E-state index in [0.717, 1.165) is 12.8 Å². The van der Waals surface area contributed by atoms with E-state index in [0.29, 0.717) is 18.8 Å². The smallest absolute Gasteiger partial charge is 0.329 e. The average Bonchev–Trinajstić information content (AvgIpc) is 2.40. The van der Waals surface area contributed by atoms with Gasteiger partial charge in [0.05, 0.1) is 0 Å². The number of carbonyl (C=O) groups is 2. The van der Waals surface area contributed by atoms with Crippen molar-refractivity contribution in [3.8, 4) is 0 Å². The maximum atomic E-state index is 12.1. The van der Waals surface area contributed by atoms with Crippen molar-refractivity contribution in [2.75, 3.05) is 0 Å². The lowest BCUT2D eigenvalue weighted by Crippen LogP contribution is -2.62. The number of nitrogens with one attached hydrogen (secondary N) is 2. The topological polar surface area (TPSA) is 78.4 Å². The first-order valence-corrected chi connectivity index (χ1v) is 7.89. The van der Waals surface area contributed by atoms with Gasteiger partial charge in [0, 0.05) is 6.04 Å². The van der Waals surface area contributed by atoms with Gasteiger partial charge in [0.25, 0.3) is 0 Å². The van der Waals surface area contributed by atoms with E-state index in [1.807, 2.05) is 0 Å². The SMILES string of the molecule is CCC(NC(=O)NC1(C(=O)O)CCC1)C1CCCCC1. The molecule has 2 aliphatic rings. The Morgan fingerprint density at radius 2 is 1.85 bits per heavy atom. The Morgan fingerprint density at radius 1 is 1.20 bits per heavy atom. The third-order valence-corrected chi connectivity index (χ3v) is 4.94. The predicted octanol–water partition coefficient (Wildman–Crippen LogP) is 2.65. The first-order chi connectivity index (χ1) is 9.57. The van der Waals surface area contributed by atoms with Crippen LogP contribution in [0.15, 0.2) is 0 Å². The van der Waals surface area contributed by atoms with E-state index in [1.165, 1.54) is 32.1 Å². The first-order valence-electron chi connectivity index (χ1n) is 7.89. The Morgan fingerprint density at radius 3 is 2.30 bits per heavy atom. The van der Waals surface area contributed by atoms with Gasteiger partial charge in [-0.15, -0.1) is 0 Å². The molecule has 0 aromatic rings. The van der Waals surface area contributed by atoms with Crippen molar-refractivity contribution in [3.05, 3.63) is 0 Å². The van der Waals surface area contributed by atoms with Crippen LogP contribution in [0.4, 0.5) is 4.79 Å². The average molecular weight is 282 g/mol. The molecule has 5 nitrogen and oxygen atoms in total. The largest absolute Gasteiger partial charge is 0.480 e. The quantitative estimate of drug-likeness (QED) is 0.725. The van der Waals surface area contributed by atoms with Gasteiger partial charge < -0.3 is 15.7 Å². The number of urea groups is 1. The summed E-state index contributed by atoms with van der Waals surface area (Å²) in [6.45, 7) is 2.08. The molecule has 0 aromatic heterocycles. The van der Waals surface area contributed by atoms with Gasteiger partial charge in [0.2, 0.25) is 0 Å². The third kappa shape index (κ3) is 3.25. The van der Waals surface area contributed by atoms with Crippen LogP contribution in [0.5, 0.6) is 0 Å². The molecule has 1 atom stereocenters. The molecule has 0 aromatic carbocycles. The van der Waals surface area contributed by atoms with Crippen molar-refractivity contribution in [1.29, 1.82) is 0 Å². The van der Waals surface area contributed by atoms with Crippen molar-refractivity contribution in [2.45, 2.75) is 76.3 Å². The molecule has 2 fully saturated rings. The molecule has 20 heavy (non-hydrogen) atoms. The van der Waals surface area contributed by atoms with Gasteiger partial charge in [0.15, 0.2) is 0 Å². The van der Waals surface area contributed by atoms with Crippen LogP contribution in [0.1, 0.15) is 64.7 Å². The minimum absolute atomic E-state index is 0.168. The number of carbonyl (C=O) groups excluding carboxylic acids is 1. The molecule has 5 heteroatoms. The van der Waals surface area contributed by atoms with E-state index in [2.05, 4.69) is 17.6 Å². The standard InChI is InChI=1S/C15H26N2O3/c1-2-12(11-7-4-3-5-8-11)16-14(20)17-15(13(18)19)9-6-10-15/h11-12H,2-10H2,1H3,(H,18,19)(H2,16,17,20). The Hall–Kier alpha value is -1.26. The molecule has 0 spiro atoms. The highest BCUT2D eigenvalue weighted by molar-refractivity contribution is 5.87. The van der Waals surface area contributed by atoms with Crippen molar-refractivity contribution in [2.24, 2.45) is 5.92 Å². The third-order valence-electron chi connectivity index (χ3n) is 4.94. The maximum Gasteiger partial charge on any atom is 0.329 e. The Balaban J connectivity index is 1.87. The number of carboxylic acid groups (broad SMARTS) is 1. The molecule has 2 saturated carbocycles. The van der Waals surface area contributed by atoms with Gasteiger partial charge in [-0.05, 0) is 44.4 Å². The summed E-state index contributed by atoms with van der Waals surface area (Å²) < 4.78 is 0. The van der Waals surface area contributed by atoms with Crippen LogP contribution >= 0.6 is 0 Å². The first kappa shape index (κ1) is 15.1. The van der Waals surface area contributed by atoms with Crippen LogP contribution in [0.25, 0.3) is 0 Å². The van der Waals surface area contributed by atoms with Gasteiger partial charge in [-0.25, -0.2) is 9.59 Å². The van der Waals surface area contributed by atoms with E-state index in [9.17, 15) is 14.7 Å². The summed E-state index contributed by atoms with van der Waals surface area (Å²) in [5, 5.41) is 14.9. The van der Waals surface area contributed by atoms with E-state index in [-0.39, 0.29) is 12.1 Å². The summed E-state index contributed by atoms with van der Waals surface area (Å²) >= 11 is 0. The van der Waals surface area contributed by atoms with Crippen molar-refractivity contribution >= 4 is 12.0 Å². The summed E-state index contributed by atoms with van der Waals surface area (Å²) in [7, 11) is 0. The fourth-order valence-corrected chi connectivity index (χ4v) is 3.43. The second-order valence-electron chi connectivity index (χ2n) is 6.25. The predicted molar refractivity (Wildman–Crippen MR) is 76.5 cm³/mol. The summed E-state index contributed by atoms with van der Waals surface area (Å²) in [5.74, 6) is -0.369. The summed E-state index contributed by atoms with van der Waals surface area (Å²) in [5.41, 5.74) is -1.02. The highest BCUT2D eigenvalue weighted by atomic mass is 16.4. The fourth-order valence-electron chi connectivity index (χ4n) is 3.43. The van der Waals surface area contributed by atoms with E-state index < -0.39 is 11.5 Å². The Bertz CT molecular complexity index is 360. The zero-order valence-electron chi connectivity index (χ0n) is 12.3. The Labute approximate surface area is 120 Å². The lowest BCUT2D eigenvalue weighted by atomic mass is 9.77. The molecule has 0 saturated heterocycles. The molecule has 0 heterocycles. The summed E-state index contributed by atoms with van der Waals surface area (Å²) in [6.07, 6.45) is 8.95. The van der Waals surface area contributed by atoms with E-state index >= 15 is 0 Å². The minimum atomic E-state index is -1.02. The molecule has 0 aliphatic heterocycles. The number of rotatable bonds is 5. The molecule has 3 N–H and O–H groups in total. The molecule has 114 valence electrons. The van der Waals surface area contributed by atoms with Gasteiger partial charge >= 0.3 is 12.0 Å². The molecule has 2 rings (SSSR count). The van der Waals surface area contributed by atoms with Crippen LogP contribution in [0.2, 0.25) is 0 Å². The molecule has 0 bridgehead atoms. The minimum Gasteiger partial charge on any atom is -0.480 e. The fraction of sp³-hybridized carbons (Fsp3) is 0.867. The Kier molecular flexibility index (Phi) is 4.89. The molecule has 1 unspecified atom stereocenters. The van der Waals surface area contributed by atoms with Crippen LogP contribution in [0, 0.1) is 5.92 Å². The second kappa shape index (κ2) is 6.46. The molecular formula is C15H26N2O3. The number of carboxylic acids is 1. The van der Waals surface area contributed by atoms with Crippen molar-refractivity contribution in [1.82, 2.24) is 10.6 Å². The van der Waals surface area contributed by atoms with Gasteiger partial charge in [-0.2, -0.15) is 0 Å². The zero-order chi connectivity index (χ0) is 14.6. The van der Waals surface area contributed by atoms with Crippen molar-refractivity contribution in [3.63, 3.8) is 0 Å². The van der Waals surface area contributed by atoms with Crippen molar-refractivity contribution < 1.29 is 14.7 Å². The maximum absolute atomic E-state index is 12.1. The van der Waals surface area contributed by atoms with Gasteiger partial charge in [0.1, 0.15) is 5.54 Å². The normalized spacial score (nSPS) is 23.4. The highest BCUT2D eigenvalue weighted by Gasteiger charge is 2.46. The molecule has 2 aliphatic carbocycles. The highest BCUT2D eigenvalue weighted by Crippen LogP contribution is 2.32. The molecule has 0 radical (unpaired) electrons. The molecular weight excluding hydrogens is 256 g/mol. The van der Waals surface area contributed by atoms with Gasteiger partial charge in [-0.3, -0.25) is 0 Å². The zero-order valence-corrected chi connectivity index (χ0v) is 12.3. The lowest BCUT2D eigenvalue weighted by Gasteiger charge is -2.39.